The van der Waals surface area contributed by atoms with Crippen LogP contribution in [0.2, 0.25) is 0 Å². The van der Waals surface area contributed by atoms with Gasteiger partial charge in [0.1, 0.15) is 5.56 Å². The minimum Gasteiger partial charge on any atom is -0.322 e. The highest BCUT2D eigenvalue weighted by molar-refractivity contribution is 7.92. The van der Waals surface area contributed by atoms with Crippen LogP contribution < -0.4 is 10.0 Å². The number of rotatable bonds is 6. The van der Waals surface area contributed by atoms with Crippen LogP contribution >= 0.6 is 0 Å². The van der Waals surface area contributed by atoms with Gasteiger partial charge in [0.2, 0.25) is 0 Å². The van der Waals surface area contributed by atoms with Gasteiger partial charge in [0.05, 0.1) is 22.3 Å². The van der Waals surface area contributed by atoms with Crippen LogP contribution in [0.1, 0.15) is 21.6 Å². The number of amides is 1. The molecule has 0 atom stereocenters. The van der Waals surface area contributed by atoms with E-state index in [9.17, 15) is 39.6 Å². The molecule has 216 valence electrons. The van der Waals surface area contributed by atoms with Crippen molar-refractivity contribution in [2.75, 3.05) is 10.0 Å². The third-order valence-corrected chi connectivity index (χ3v) is 7.32. The molecule has 42 heavy (non-hydrogen) atoms. The van der Waals surface area contributed by atoms with Crippen molar-refractivity contribution >= 4 is 33.0 Å². The molecule has 8 nitrogen and oxygen atoms in total. The van der Waals surface area contributed by atoms with E-state index in [1.54, 1.807) is 18.2 Å². The Morgan fingerprint density at radius 2 is 1.45 bits per heavy atom. The Balaban J connectivity index is 1.49. The number of fused-ring (bicyclic) bond motifs is 1. The molecular weight excluding hydrogens is 588 g/mol. The topological polar surface area (TPSA) is 105 Å². The van der Waals surface area contributed by atoms with Crippen LogP contribution in [-0.2, 0) is 22.4 Å². The number of hydrogen-bond donors (Lipinski definition) is 2. The van der Waals surface area contributed by atoms with E-state index >= 15 is 0 Å². The molecule has 15 heteroatoms. The molecule has 0 bridgehead atoms. The Morgan fingerprint density at radius 1 is 0.786 bits per heavy atom. The summed E-state index contributed by atoms with van der Waals surface area (Å²) in [6, 6.07) is 17.1. The Kier molecular flexibility index (Phi) is 7.14. The van der Waals surface area contributed by atoms with Gasteiger partial charge in [-0.05, 0) is 48.5 Å². The molecule has 0 aliphatic heterocycles. The van der Waals surface area contributed by atoms with Crippen LogP contribution in [0.25, 0.3) is 16.9 Å². The maximum atomic E-state index is 13.9. The summed E-state index contributed by atoms with van der Waals surface area (Å²) in [4.78, 5) is 17.0. The monoisotopic (exact) mass is 605 g/mol. The minimum absolute atomic E-state index is 0.00484. The zero-order valence-electron chi connectivity index (χ0n) is 20.9. The predicted octanol–water partition coefficient (Wildman–Crippen LogP) is 6.49. The number of carbonyl (C=O) groups excluding carboxylic acids is 1. The van der Waals surface area contributed by atoms with Gasteiger partial charge in [-0.2, -0.15) is 31.4 Å². The molecule has 0 saturated heterocycles. The number of nitrogens with zero attached hydrogens (tertiary/aromatic N) is 3. The van der Waals surface area contributed by atoms with Gasteiger partial charge in [-0.1, -0.05) is 36.4 Å². The fourth-order valence-electron chi connectivity index (χ4n) is 3.96. The zero-order chi connectivity index (χ0) is 30.3. The zero-order valence-corrected chi connectivity index (χ0v) is 21.7. The lowest BCUT2D eigenvalue weighted by atomic mass is 10.1. The number of alkyl halides is 6. The number of hydrogen-bond acceptors (Lipinski definition) is 5. The Labute approximate surface area is 233 Å². The first-order valence-corrected chi connectivity index (χ1v) is 13.3. The molecule has 5 rings (SSSR count). The highest BCUT2D eigenvalue weighted by Gasteiger charge is 2.36. The van der Waals surface area contributed by atoms with E-state index in [-0.39, 0.29) is 21.8 Å². The molecule has 0 aliphatic rings. The van der Waals surface area contributed by atoms with Crippen LogP contribution in [-0.4, -0.2) is 28.9 Å². The standard InChI is InChI=1S/C27H17F6N5O3S/c28-26(29,30)17-11-9-16(10-12-17)22-14-23(27(31,32)33)38-24(36-22)21(15-34-38)25(39)35-19-7-4-8-20(13-19)42(40,41)37-18-5-2-1-3-6-18/h1-15,37H,(H,35,39). The van der Waals surface area contributed by atoms with Crippen LogP contribution in [0, 0.1) is 0 Å². The van der Waals surface area contributed by atoms with Gasteiger partial charge in [0, 0.05) is 16.9 Å². The number of aromatic nitrogens is 3. The first-order chi connectivity index (χ1) is 19.7. The fourth-order valence-corrected chi connectivity index (χ4v) is 5.07. The number of halogens is 6. The molecule has 0 unspecified atom stereocenters. The van der Waals surface area contributed by atoms with E-state index in [0.717, 1.165) is 24.4 Å². The van der Waals surface area contributed by atoms with E-state index in [4.69, 9.17) is 0 Å². The second kappa shape index (κ2) is 10.5. The number of anilines is 2. The lowest BCUT2D eigenvalue weighted by Crippen LogP contribution is -2.16. The van der Waals surface area contributed by atoms with Gasteiger partial charge >= 0.3 is 12.4 Å². The first-order valence-electron chi connectivity index (χ1n) is 11.9. The summed E-state index contributed by atoms with van der Waals surface area (Å²) in [6.45, 7) is 0. The first kappa shape index (κ1) is 28.6. The molecule has 3 aromatic carbocycles. The largest absolute Gasteiger partial charge is 0.433 e. The van der Waals surface area contributed by atoms with Crippen molar-refractivity contribution < 1.29 is 39.6 Å². The van der Waals surface area contributed by atoms with Crippen molar-refractivity contribution in [3.63, 3.8) is 0 Å². The van der Waals surface area contributed by atoms with Crippen LogP contribution in [0.15, 0.2) is 96.0 Å². The minimum atomic E-state index is -4.96. The van der Waals surface area contributed by atoms with Crippen LogP contribution in [0.4, 0.5) is 37.7 Å². The number of nitrogens with one attached hydrogen (secondary N) is 2. The molecule has 0 spiro atoms. The fraction of sp³-hybridized carbons (Fsp3) is 0.0741. The Bertz CT molecular complexity index is 1890. The molecule has 1 amide bonds. The highest BCUT2D eigenvalue weighted by Crippen LogP contribution is 2.34. The summed E-state index contributed by atoms with van der Waals surface area (Å²) >= 11 is 0. The van der Waals surface area contributed by atoms with Gasteiger partial charge in [-0.25, -0.2) is 17.9 Å². The quantitative estimate of drug-likeness (QED) is 0.216. The maximum Gasteiger partial charge on any atom is 0.433 e. The Hall–Kier alpha value is -4.92. The van der Waals surface area contributed by atoms with E-state index < -0.39 is 50.8 Å². The average Bonchev–Trinajstić information content (AvgIpc) is 3.36. The average molecular weight is 606 g/mol. The van der Waals surface area contributed by atoms with Crippen molar-refractivity contribution in [2.24, 2.45) is 0 Å². The van der Waals surface area contributed by atoms with Gasteiger partial charge in [-0.3, -0.25) is 9.52 Å². The molecule has 2 aromatic heterocycles. The Morgan fingerprint density at radius 3 is 2.10 bits per heavy atom. The SMILES string of the molecule is O=C(Nc1cccc(S(=O)(=O)Nc2ccccc2)c1)c1cnn2c(C(F)(F)F)cc(-c3ccc(C(F)(F)F)cc3)nc12. The number of carbonyl (C=O) groups is 1. The molecule has 5 aromatic rings. The van der Waals surface area contributed by atoms with Crippen molar-refractivity contribution in [2.45, 2.75) is 17.2 Å². The molecule has 0 fully saturated rings. The van der Waals surface area contributed by atoms with E-state index in [1.807, 2.05) is 0 Å². The van der Waals surface area contributed by atoms with Crippen LogP contribution in [0.3, 0.4) is 0 Å². The second-order valence-electron chi connectivity index (χ2n) is 8.85. The van der Waals surface area contributed by atoms with Crippen LogP contribution in [0.5, 0.6) is 0 Å². The smallest absolute Gasteiger partial charge is 0.322 e. The summed E-state index contributed by atoms with van der Waals surface area (Å²) < 4.78 is 109. The van der Waals surface area contributed by atoms with Crippen molar-refractivity contribution in [3.05, 3.63) is 108 Å². The normalized spacial score (nSPS) is 12.3. The summed E-state index contributed by atoms with van der Waals surface area (Å²) in [5.74, 6) is -0.958. The van der Waals surface area contributed by atoms with Crippen molar-refractivity contribution in [1.82, 2.24) is 14.6 Å². The second-order valence-corrected chi connectivity index (χ2v) is 10.5. The molecule has 0 aliphatic carbocycles. The highest BCUT2D eigenvalue weighted by atomic mass is 32.2. The van der Waals surface area contributed by atoms with E-state index in [2.05, 4.69) is 20.1 Å². The molecule has 0 saturated carbocycles. The molecular formula is C27H17F6N5O3S. The maximum absolute atomic E-state index is 13.9. The molecule has 2 heterocycles. The van der Waals surface area contributed by atoms with Gasteiger partial charge in [-0.15, -0.1) is 0 Å². The van der Waals surface area contributed by atoms with Gasteiger partial charge in [0.15, 0.2) is 11.3 Å². The van der Waals surface area contributed by atoms with E-state index in [1.165, 1.54) is 30.3 Å². The summed E-state index contributed by atoms with van der Waals surface area (Å²) in [5.41, 5.74) is -3.35. The molecule has 2 N–H and O–H groups in total. The van der Waals surface area contributed by atoms with Gasteiger partial charge in [0.25, 0.3) is 15.9 Å². The van der Waals surface area contributed by atoms with Gasteiger partial charge < -0.3 is 5.32 Å². The number of sulfonamides is 1. The molecule has 0 radical (unpaired) electrons. The third-order valence-electron chi connectivity index (χ3n) is 5.94. The lowest BCUT2D eigenvalue weighted by molar-refractivity contribution is -0.142. The lowest BCUT2D eigenvalue weighted by Gasteiger charge is -2.13. The number of benzene rings is 3. The summed E-state index contributed by atoms with van der Waals surface area (Å²) in [7, 11) is -4.06. The third kappa shape index (κ3) is 5.90. The summed E-state index contributed by atoms with van der Waals surface area (Å²) in [6.07, 6.45) is -8.77. The van der Waals surface area contributed by atoms with E-state index in [0.29, 0.717) is 28.4 Å². The van der Waals surface area contributed by atoms with Crippen molar-refractivity contribution in [3.8, 4) is 11.3 Å². The number of para-hydroxylation sites is 1. The summed E-state index contributed by atoms with van der Waals surface area (Å²) in [5, 5.41) is 6.07. The van der Waals surface area contributed by atoms with Crippen molar-refractivity contribution in [1.29, 1.82) is 0 Å². The predicted molar refractivity (Wildman–Crippen MR) is 140 cm³/mol.